The summed E-state index contributed by atoms with van der Waals surface area (Å²) in [6.45, 7) is 13.2. The smallest absolute Gasteiger partial charge is 0.508 e. The summed E-state index contributed by atoms with van der Waals surface area (Å²) in [5, 5.41) is 25.4. The van der Waals surface area contributed by atoms with Crippen LogP contribution in [0.15, 0.2) is 47.4 Å². The summed E-state index contributed by atoms with van der Waals surface area (Å²) in [7, 11) is 0. The summed E-state index contributed by atoms with van der Waals surface area (Å²) in [4.78, 5) is 123. The lowest BCUT2D eigenvalue weighted by Crippen LogP contribution is -2.45. The summed E-state index contributed by atoms with van der Waals surface area (Å²) in [6.07, 6.45) is 8.39. The molecule has 1 aliphatic carbocycles. The fourth-order valence-electron chi connectivity index (χ4n) is 12.7. The van der Waals surface area contributed by atoms with Crippen molar-refractivity contribution < 1.29 is 102 Å². The Hall–Kier alpha value is -7.78. The van der Waals surface area contributed by atoms with E-state index in [0.717, 1.165) is 47.9 Å². The van der Waals surface area contributed by atoms with Crippen molar-refractivity contribution in [2.75, 3.05) is 145 Å². The number of pyridine rings is 2. The molecule has 30 nitrogen and oxygen atoms in total. The van der Waals surface area contributed by atoms with E-state index in [1.54, 1.807) is 27.4 Å². The molecule has 3 aromatic heterocycles. The van der Waals surface area contributed by atoms with Crippen LogP contribution in [0.25, 0.3) is 22.3 Å². The number of cyclic esters (lactones) is 1. The lowest BCUT2D eigenvalue weighted by molar-refractivity contribution is -0.159. The lowest BCUT2D eigenvalue weighted by atomic mass is 9.79. The molecule has 572 valence electrons. The molecular weight excluding hydrogens is 1350 g/mol. The molecule has 8 rings (SSSR count). The first kappa shape index (κ1) is 80.3. The van der Waals surface area contributed by atoms with Crippen LogP contribution in [-0.4, -0.2) is 233 Å². The van der Waals surface area contributed by atoms with E-state index in [9.17, 15) is 48.3 Å². The van der Waals surface area contributed by atoms with Crippen LogP contribution in [0.5, 0.6) is 5.75 Å². The second kappa shape index (κ2) is 44.2. The average Bonchev–Trinajstić information content (AvgIpc) is 1.71. The van der Waals surface area contributed by atoms with Gasteiger partial charge >= 0.3 is 12.1 Å². The lowest BCUT2D eigenvalue weighted by Gasteiger charge is -2.29. The van der Waals surface area contributed by atoms with Crippen molar-refractivity contribution in [2.45, 2.75) is 143 Å². The van der Waals surface area contributed by atoms with Crippen LogP contribution < -0.4 is 16.2 Å². The molecule has 0 radical (unpaired) electrons. The highest BCUT2D eigenvalue weighted by Crippen LogP contribution is 2.40. The van der Waals surface area contributed by atoms with Crippen LogP contribution in [0.2, 0.25) is 0 Å². The van der Waals surface area contributed by atoms with E-state index in [1.807, 2.05) is 27.0 Å². The fourth-order valence-corrected chi connectivity index (χ4v) is 12.7. The van der Waals surface area contributed by atoms with Crippen LogP contribution >= 0.6 is 0 Å². The Labute approximate surface area is 607 Å². The van der Waals surface area contributed by atoms with Crippen LogP contribution in [0, 0.1) is 23.7 Å². The van der Waals surface area contributed by atoms with E-state index in [1.165, 1.54) is 23.1 Å². The predicted molar refractivity (Wildman–Crippen MR) is 375 cm³/mol. The Balaban J connectivity index is 0.585. The third kappa shape index (κ3) is 26.1. The first-order valence-corrected chi connectivity index (χ1v) is 36.4. The molecule has 104 heavy (non-hydrogen) atoms. The molecule has 3 amide bonds. The van der Waals surface area contributed by atoms with E-state index >= 15 is 0 Å². The first-order valence-electron chi connectivity index (χ1n) is 37.1. The van der Waals surface area contributed by atoms with Crippen molar-refractivity contribution in [1.82, 2.24) is 40.1 Å². The molecule has 4 aromatic rings. The molecule has 0 bridgehead atoms. The molecule has 3 aliphatic heterocycles. The predicted octanol–water partition coefficient (Wildman–Crippen LogP) is 5.46. The van der Waals surface area contributed by atoms with Gasteiger partial charge in [0, 0.05) is 86.9 Å². The number of amides is 3. The SMILES string of the molecule is [3H]CCNCCCCC(CC(=O)COCC(=O)CCCOCCOCCOCCOCCOCCOCCOCCOCCn1cc(CCC(=O)C2CCC(CN3C(=O)C=CC3=O)CC2)nn1)C(=O)NC(COC(=O)OC1C(=O)OCc2c1cc1n(c2=O)Cc2c-1nc1ccc(O)cc1c2CC)C(C)C. The highest BCUT2D eigenvalue weighted by Gasteiger charge is 2.39. The molecule has 4 aliphatic rings. The number of ether oxygens (including phenoxy) is 12. The number of imide groups is 1. The maximum absolute atomic E-state index is 14.0. The molecule has 6 heterocycles. The van der Waals surface area contributed by atoms with Crippen LogP contribution in [0.4, 0.5) is 4.79 Å². The quantitative estimate of drug-likeness (QED) is 0.0247. The van der Waals surface area contributed by atoms with E-state index in [0.29, 0.717) is 194 Å². The van der Waals surface area contributed by atoms with Crippen molar-refractivity contribution in [2.24, 2.45) is 23.7 Å². The van der Waals surface area contributed by atoms with Gasteiger partial charge in [0.1, 0.15) is 38.0 Å². The third-order valence-electron chi connectivity index (χ3n) is 18.5. The minimum atomic E-state index is -1.63. The van der Waals surface area contributed by atoms with E-state index in [2.05, 4.69) is 20.9 Å². The summed E-state index contributed by atoms with van der Waals surface area (Å²) < 4.78 is 77.2. The number of rotatable bonds is 53. The summed E-state index contributed by atoms with van der Waals surface area (Å²) in [5.74, 6) is -2.94. The minimum absolute atomic E-state index is 0.00226. The number of Topliss-reactive ketones (excluding diaryl/α,β-unsaturated/α-hetero) is 3. The standard InChI is InChI=1S/C74H104N8O22/c1-5-58-59-41-55(83)17-18-63(59)76-69-61(58)45-81-65(69)42-60-62(72(81)90)48-102-73(91)70(60)104-74(92)103-49-64(50(3)4)77-71(89)53(10-7-8-22-75-6-2)40-57(85)47-101-46-56(84)11-9-24-93-26-28-95-30-32-97-34-36-99-38-39-100-37-35-98-33-31-96-29-27-94-25-23-80-44-54(78-79-80)16-19-66(86)52-14-12-51(13-15-52)43-82-67(87)20-21-68(82)88/h17-18,20-21,41-42,44,50-53,64,70,75,83H,5-16,19,22-40,43,45-49H2,1-4H3,(H,77,89)/i2T. The fraction of sp³-hybridized carbons (Fsp3) is 0.649. The van der Waals surface area contributed by atoms with Crippen LogP contribution in [0.1, 0.15) is 134 Å². The van der Waals surface area contributed by atoms with E-state index in [4.69, 9.17) is 63.2 Å². The zero-order valence-electron chi connectivity index (χ0n) is 61.3. The van der Waals surface area contributed by atoms with Crippen molar-refractivity contribution in [1.29, 1.82) is 0 Å². The highest BCUT2D eigenvalue weighted by molar-refractivity contribution is 6.12. The molecule has 1 fully saturated rings. The molecule has 3 unspecified atom stereocenters. The number of phenols is 1. The maximum atomic E-state index is 14.0. The number of aromatic hydroxyl groups is 1. The minimum Gasteiger partial charge on any atom is -0.508 e. The number of ketones is 3. The number of carbonyl (C=O) groups excluding carboxylic acids is 8. The number of aryl methyl sites for hydroxylation is 2. The number of hydrogen-bond acceptors (Lipinski definition) is 26. The van der Waals surface area contributed by atoms with Gasteiger partial charge < -0.3 is 77.1 Å². The maximum Gasteiger partial charge on any atom is 0.509 e. The molecule has 3 atom stereocenters. The van der Waals surface area contributed by atoms with Gasteiger partial charge in [0.25, 0.3) is 17.4 Å². The number of nitrogens with one attached hydrogen (secondary N) is 2. The van der Waals surface area contributed by atoms with Gasteiger partial charge in [-0.1, -0.05) is 39.3 Å². The van der Waals surface area contributed by atoms with Crippen molar-refractivity contribution in [3.05, 3.63) is 80.9 Å². The topological polar surface area (TPSA) is 360 Å². The monoisotopic (exact) mass is 1460 g/mol. The Bertz CT molecular complexity index is 3560. The van der Waals surface area contributed by atoms with Gasteiger partial charge in [-0.3, -0.25) is 38.5 Å². The Kier molecular flexibility index (Phi) is 34.2. The summed E-state index contributed by atoms with van der Waals surface area (Å²) in [6, 6.07) is 5.74. The molecule has 0 saturated heterocycles. The normalized spacial score (nSPS) is 16.9. The van der Waals surface area contributed by atoms with E-state index < -0.39 is 41.7 Å². The zero-order chi connectivity index (χ0) is 74.7. The van der Waals surface area contributed by atoms with Crippen molar-refractivity contribution >= 4 is 58.1 Å². The number of fused-ring (bicyclic) bond motifs is 5. The molecule has 3 N–H and O–H groups in total. The number of unbranched alkanes of at least 4 members (excludes halogenated alkanes) is 1. The number of phenolic OH excluding ortho intramolecular Hbond substituents is 1. The Morgan fingerprint density at radius 3 is 2.01 bits per heavy atom. The second-order valence-electron chi connectivity index (χ2n) is 26.3. The highest BCUT2D eigenvalue weighted by atomic mass is 16.7. The van der Waals surface area contributed by atoms with Gasteiger partial charge in [0.05, 0.1) is 146 Å². The molecule has 0 spiro atoms. The van der Waals surface area contributed by atoms with Gasteiger partial charge in [0.2, 0.25) is 12.0 Å². The number of esters is 1. The van der Waals surface area contributed by atoms with Gasteiger partial charge in [-0.25, -0.2) is 19.3 Å². The van der Waals surface area contributed by atoms with Crippen molar-refractivity contribution in [3.8, 4) is 17.1 Å². The first-order chi connectivity index (χ1) is 51.0. The average molecular weight is 1460 g/mol. The number of aromatic nitrogens is 5. The second-order valence-corrected chi connectivity index (χ2v) is 26.3. The largest absolute Gasteiger partial charge is 0.509 e. The van der Waals surface area contributed by atoms with Gasteiger partial charge in [-0.15, -0.1) is 5.10 Å². The summed E-state index contributed by atoms with van der Waals surface area (Å²) >= 11 is 0. The van der Waals surface area contributed by atoms with Gasteiger partial charge in [-0.2, -0.15) is 0 Å². The third-order valence-corrected chi connectivity index (χ3v) is 18.5. The Morgan fingerprint density at radius 2 is 1.38 bits per heavy atom. The van der Waals surface area contributed by atoms with Gasteiger partial charge in [-0.05, 0) is 106 Å². The Morgan fingerprint density at radius 1 is 0.740 bits per heavy atom. The molecule has 1 aromatic carbocycles. The number of nitrogens with zero attached hydrogens (tertiary/aromatic N) is 6. The molecule has 30 heteroatoms. The van der Waals surface area contributed by atoms with Crippen molar-refractivity contribution in [3.63, 3.8) is 0 Å². The number of carbonyl (C=O) groups is 8. The van der Waals surface area contributed by atoms with Gasteiger partial charge in [0.15, 0.2) is 11.6 Å². The van der Waals surface area contributed by atoms with E-state index in [-0.39, 0.29) is 117 Å². The van der Waals surface area contributed by atoms with Crippen LogP contribution in [-0.2, 0) is 123 Å². The number of benzene rings is 1. The molecular formula is C74H104N8O22. The summed E-state index contributed by atoms with van der Waals surface area (Å²) in [5.41, 5.74) is 3.93. The zero-order valence-corrected chi connectivity index (χ0v) is 60.3. The van der Waals surface area contributed by atoms with Crippen LogP contribution in [0.3, 0.4) is 0 Å². The number of hydrogen-bond donors (Lipinski definition) is 3. The molecule has 1 saturated carbocycles.